The summed E-state index contributed by atoms with van der Waals surface area (Å²) in [6, 6.07) is 9.65. The molecule has 0 radical (unpaired) electrons. The molecule has 2 aromatic carbocycles. The fourth-order valence-electron chi connectivity index (χ4n) is 3.81. The number of H-pyrrole nitrogens is 1. The van der Waals surface area contributed by atoms with Gasteiger partial charge in [0.2, 0.25) is 5.91 Å². The molecule has 0 saturated carbocycles. The highest BCUT2D eigenvalue weighted by molar-refractivity contribution is 8.22. The smallest absolute Gasteiger partial charge is 0.408 e. The lowest BCUT2D eigenvalue weighted by Crippen LogP contribution is -2.45. The predicted octanol–water partition coefficient (Wildman–Crippen LogP) is 4.67. The molecule has 2 heterocycles. The topological polar surface area (TPSA) is 119 Å². The second kappa shape index (κ2) is 9.46. The maximum Gasteiger partial charge on any atom is 0.417 e. The van der Waals surface area contributed by atoms with Gasteiger partial charge in [0, 0.05) is 41.7 Å². The van der Waals surface area contributed by atoms with E-state index in [0.29, 0.717) is 54.3 Å². The van der Waals surface area contributed by atoms with E-state index >= 15 is 0 Å². The summed E-state index contributed by atoms with van der Waals surface area (Å²) in [5.41, 5.74) is 1.66. The monoisotopic (exact) mass is 499 g/mol. The minimum atomic E-state index is -3.29. The molecular weight excluding hydrogens is 477 g/mol. The zero-order chi connectivity index (χ0) is 22.9. The van der Waals surface area contributed by atoms with Crippen LogP contribution in [0.3, 0.4) is 0 Å². The van der Waals surface area contributed by atoms with Crippen molar-refractivity contribution in [2.24, 2.45) is 0 Å². The van der Waals surface area contributed by atoms with Crippen LogP contribution >= 0.6 is 34.0 Å². The van der Waals surface area contributed by atoms with E-state index in [-0.39, 0.29) is 22.4 Å². The fraction of sp³-hybridized carbons (Fsp3) is 0.333. The SMILES string of the molecule is O=C(CCc1cc(Cl)cc(Cl)c1)N1CCC(NS(O)(O)c2ccc3[nH]c(=O)oc3c2)CC1. The van der Waals surface area contributed by atoms with E-state index in [1.807, 2.05) is 0 Å². The number of carbonyl (C=O) groups excluding carboxylic acids is 1. The molecule has 1 saturated heterocycles. The van der Waals surface area contributed by atoms with Gasteiger partial charge in [0.1, 0.15) is 0 Å². The summed E-state index contributed by atoms with van der Waals surface area (Å²) in [4.78, 5) is 28.4. The molecule has 1 aliphatic rings. The lowest BCUT2D eigenvalue weighted by molar-refractivity contribution is -0.132. The zero-order valence-electron chi connectivity index (χ0n) is 17.0. The lowest BCUT2D eigenvalue weighted by atomic mass is 10.0. The van der Waals surface area contributed by atoms with Crippen LogP contribution in [0.25, 0.3) is 11.1 Å². The molecule has 172 valence electrons. The van der Waals surface area contributed by atoms with Crippen molar-refractivity contribution in [3.8, 4) is 0 Å². The summed E-state index contributed by atoms with van der Waals surface area (Å²) in [5.74, 6) is -0.559. The Morgan fingerprint density at radius 3 is 2.53 bits per heavy atom. The molecule has 0 bridgehead atoms. The third-order valence-corrected chi connectivity index (χ3v) is 7.46. The molecule has 0 unspecified atom stereocenters. The van der Waals surface area contributed by atoms with Gasteiger partial charge in [-0.05, 0) is 55.2 Å². The molecule has 1 fully saturated rings. The van der Waals surface area contributed by atoms with Crippen LogP contribution in [0.1, 0.15) is 24.8 Å². The first kappa shape index (κ1) is 23.2. The molecule has 4 rings (SSSR count). The maximum atomic E-state index is 12.6. The molecular formula is C21H23Cl2N3O5S. The third kappa shape index (κ3) is 5.48. The number of carbonyl (C=O) groups is 1. The molecule has 32 heavy (non-hydrogen) atoms. The number of hydrogen-bond acceptors (Lipinski definition) is 6. The van der Waals surface area contributed by atoms with Gasteiger partial charge in [-0.2, -0.15) is 0 Å². The van der Waals surface area contributed by atoms with Crippen LogP contribution in [0.5, 0.6) is 0 Å². The van der Waals surface area contributed by atoms with Gasteiger partial charge < -0.3 is 9.32 Å². The number of amides is 1. The molecule has 1 aliphatic heterocycles. The van der Waals surface area contributed by atoms with Gasteiger partial charge in [0.15, 0.2) is 5.58 Å². The van der Waals surface area contributed by atoms with E-state index in [1.165, 1.54) is 12.1 Å². The summed E-state index contributed by atoms with van der Waals surface area (Å²) in [6.45, 7) is 1.04. The van der Waals surface area contributed by atoms with Crippen LogP contribution in [0.2, 0.25) is 10.0 Å². The lowest BCUT2D eigenvalue weighted by Gasteiger charge is -2.40. The Hall–Kier alpha value is -2.01. The van der Waals surface area contributed by atoms with E-state index in [0.717, 1.165) is 5.56 Å². The fourth-order valence-corrected chi connectivity index (χ4v) is 5.75. The quantitative estimate of drug-likeness (QED) is 0.391. The Balaban J connectivity index is 1.30. The summed E-state index contributed by atoms with van der Waals surface area (Å²) in [6.07, 6.45) is 2.08. The number of oxazole rings is 1. The molecule has 0 aliphatic carbocycles. The highest BCUT2D eigenvalue weighted by Crippen LogP contribution is 2.45. The summed E-state index contributed by atoms with van der Waals surface area (Å²) in [5, 5.41) is 1.09. The number of rotatable bonds is 6. The molecule has 0 spiro atoms. The highest BCUT2D eigenvalue weighted by Gasteiger charge is 2.27. The van der Waals surface area contributed by atoms with Gasteiger partial charge in [0.05, 0.1) is 10.4 Å². The predicted molar refractivity (Wildman–Crippen MR) is 125 cm³/mol. The molecule has 1 amide bonds. The Kier molecular flexibility index (Phi) is 6.85. The number of nitrogens with one attached hydrogen (secondary N) is 2. The van der Waals surface area contributed by atoms with Gasteiger partial charge in [-0.25, -0.2) is 9.52 Å². The van der Waals surface area contributed by atoms with E-state index in [1.54, 1.807) is 29.2 Å². The molecule has 3 aromatic rings. The van der Waals surface area contributed by atoms with Crippen LogP contribution in [-0.2, 0) is 11.2 Å². The van der Waals surface area contributed by atoms with Crippen molar-refractivity contribution in [2.45, 2.75) is 36.6 Å². The number of fused-ring (bicyclic) bond motifs is 1. The van der Waals surface area contributed by atoms with Crippen LogP contribution in [0.15, 0.2) is 50.5 Å². The minimum Gasteiger partial charge on any atom is -0.408 e. The number of nitrogens with zero attached hydrogens (tertiary/aromatic N) is 1. The third-order valence-electron chi connectivity index (χ3n) is 5.45. The molecule has 8 nitrogen and oxygen atoms in total. The van der Waals surface area contributed by atoms with Crippen molar-refractivity contribution in [2.75, 3.05) is 13.1 Å². The molecule has 0 atom stereocenters. The van der Waals surface area contributed by atoms with Crippen molar-refractivity contribution in [3.05, 3.63) is 62.6 Å². The van der Waals surface area contributed by atoms with E-state index in [2.05, 4.69) is 9.71 Å². The normalized spacial score (nSPS) is 15.9. The summed E-state index contributed by atoms with van der Waals surface area (Å²) in [7, 11) is -3.29. The number of aryl methyl sites for hydroxylation is 1. The molecule has 11 heteroatoms. The Morgan fingerprint density at radius 2 is 1.84 bits per heavy atom. The van der Waals surface area contributed by atoms with E-state index < -0.39 is 16.5 Å². The second-order valence-corrected chi connectivity index (χ2v) is 10.4. The summed E-state index contributed by atoms with van der Waals surface area (Å²) < 4.78 is 29.2. The van der Waals surface area contributed by atoms with Gasteiger partial charge >= 0.3 is 5.76 Å². The van der Waals surface area contributed by atoms with Crippen LogP contribution < -0.4 is 10.5 Å². The van der Waals surface area contributed by atoms with E-state index in [9.17, 15) is 18.7 Å². The van der Waals surface area contributed by atoms with Crippen molar-refractivity contribution < 1.29 is 18.3 Å². The Labute approximate surface area is 196 Å². The molecule has 4 N–H and O–H groups in total. The van der Waals surface area contributed by atoms with Gasteiger partial charge in [0.25, 0.3) is 0 Å². The number of piperidine rings is 1. The average molecular weight is 500 g/mol. The van der Waals surface area contributed by atoms with Crippen LogP contribution in [-0.4, -0.2) is 44.0 Å². The van der Waals surface area contributed by atoms with Gasteiger partial charge in [-0.3, -0.25) is 18.9 Å². The second-order valence-electron chi connectivity index (χ2n) is 7.77. The van der Waals surface area contributed by atoms with Crippen molar-refractivity contribution in [1.82, 2.24) is 14.6 Å². The Bertz CT molecular complexity index is 1170. The average Bonchev–Trinajstić information content (AvgIpc) is 3.11. The Morgan fingerprint density at radius 1 is 1.16 bits per heavy atom. The standard InChI is InChI=1S/C21H23Cl2N3O5S/c22-14-9-13(10-15(23)11-14)1-4-20(27)26-7-5-16(6-8-26)25-32(29,30)17-2-3-18-19(12-17)31-21(28)24-18/h2-3,9-12,16,25,29-30H,1,4-8H2,(H,24,28). The number of aromatic nitrogens is 1. The number of benzene rings is 2. The molecule has 1 aromatic heterocycles. The highest BCUT2D eigenvalue weighted by atomic mass is 35.5. The van der Waals surface area contributed by atoms with E-state index in [4.69, 9.17) is 27.6 Å². The minimum absolute atomic E-state index is 0.0408. The number of likely N-dealkylation sites (tertiary alicyclic amines) is 1. The van der Waals surface area contributed by atoms with Crippen molar-refractivity contribution >= 4 is 51.0 Å². The first-order chi connectivity index (χ1) is 15.2. The maximum absolute atomic E-state index is 12.6. The largest absolute Gasteiger partial charge is 0.417 e. The number of hydrogen-bond donors (Lipinski definition) is 4. The van der Waals surface area contributed by atoms with Gasteiger partial charge in [-0.15, -0.1) is 10.8 Å². The van der Waals surface area contributed by atoms with Crippen LogP contribution in [0, 0.1) is 0 Å². The first-order valence-corrected chi connectivity index (χ1v) is 12.4. The van der Waals surface area contributed by atoms with Crippen LogP contribution in [0.4, 0.5) is 0 Å². The summed E-state index contributed by atoms with van der Waals surface area (Å²) >= 11 is 12.0. The zero-order valence-corrected chi connectivity index (χ0v) is 19.3. The number of aromatic amines is 1. The first-order valence-electron chi connectivity index (χ1n) is 10.1. The van der Waals surface area contributed by atoms with Crippen molar-refractivity contribution in [3.63, 3.8) is 0 Å². The number of halogens is 2. The van der Waals surface area contributed by atoms with Gasteiger partial charge in [-0.1, -0.05) is 23.2 Å². The van der Waals surface area contributed by atoms with Crippen molar-refractivity contribution in [1.29, 1.82) is 0 Å².